The molecule has 0 bridgehead atoms. The molecule has 0 aromatic carbocycles. The van der Waals surface area contributed by atoms with E-state index in [0.717, 1.165) is 23.8 Å². The molecule has 1 aliphatic carbocycles. The number of amides is 1. The molecule has 0 atom stereocenters. The fourth-order valence-electron chi connectivity index (χ4n) is 3.35. The van der Waals surface area contributed by atoms with E-state index in [4.69, 9.17) is 8.94 Å². The van der Waals surface area contributed by atoms with E-state index in [0.29, 0.717) is 23.4 Å². The zero-order valence-electron chi connectivity index (χ0n) is 15.1. The highest BCUT2D eigenvalue weighted by atomic mass is 32.2. The van der Waals surface area contributed by atoms with Crippen LogP contribution in [0.3, 0.4) is 0 Å². The third kappa shape index (κ3) is 4.08. The number of nitrogens with zero attached hydrogens (tertiary/aromatic N) is 4. The monoisotopic (exact) mass is 387 g/mol. The van der Waals surface area contributed by atoms with Crippen LogP contribution in [0.4, 0.5) is 5.82 Å². The molecule has 142 valence electrons. The van der Waals surface area contributed by atoms with Gasteiger partial charge in [0.1, 0.15) is 5.76 Å². The molecule has 3 heterocycles. The first kappa shape index (κ1) is 17.8. The second kappa shape index (κ2) is 7.99. The molecule has 1 fully saturated rings. The van der Waals surface area contributed by atoms with Crippen molar-refractivity contribution >= 4 is 23.5 Å². The molecule has 4 rings (SSSR count). The Morgan fingerprint density at radius 3 is 2.89 bits per heavy atom. The van der Waals surface area contributed by atoms with Crippen molar-refractivity contribution in [1.29, 1.82) is 0 Å². The highest BCUT2D eigenvalue weighted by Gasteiger charge is 2.25. The minimum Gasteiger partial charge on any atom is -0.461 e. The van der Waals surface area contributed by atoms with Crippen LogP contribution in [0.2, 0.25) is 0 Å². The Balaban J connectivity index is 1.50. The number of nitrogens with one attached hydrogen (secondary N) is 1. The third-order valence-electron chi connectivity index (χ3n) is 4.57. The van der Waals surface area contributed by atoms with Crippen molar-refractivity contribution in [2.45, 2.75) is 50.2 Å². The van der Waals surface area contributed by atoms with Gasteiger partial charge in [-0.05, 0) is 31.9 Å². The number of carbonyl (C=O) groups excluding carboxylic acids is 1. The van der Waals surface area contributed by atoms with E-state index in [2.05, 4.69) is 25.2 Å². The van der Waals surface area contributed by atoms with Crippen LogP contribution in [0.1, 0.15) is 43.9 Å². The maximum absolute atomic E-state index is 12.2. The summed E-state index contributed by atoms with van der Waals surface area (Å²) in [5.74, 6) is 2.55. The van der Waals surface area contributed by atoms with Crippen LogP contribution in [0.25, 0.3) is 11.6 Å². The first-order chi connectivity index (χ1) is 13.2. The number of hydrogen-bond donors (Lipinski definition) is 1. The molecular weight excluding hydrogens is 366 g/mol. The number of rotatable bonds is 6. The number of thioether (sulfide) groups is 1. The fraction of sp³-hybridized carbons (Fsp3) is 0.444. The number of furan rings is 1. The summed E-state index contributed by atoms with van der Waals surface area (Å²) in [5, 5.41) is 15.9. The van der Waals surface area contributed by atoms with Gasteiger partial charge >= 0.3 is 0 Å². The third-order valence-corrected chi connectivity index (χ3v) is 5.52. The van der Waals surface area contributed by atoms with E-state index in [-0.39, 0.29) is 11.7 Å². The molecule has 0 aliphatic heterocycles. The van der Waals surface area contributed by atoms with Gasteiger partial charge in [0.2, 0.25) is 11.7 Å². The summed E-state index contributed by atoms with van der Waals surface area (Å²) < 4.78 is 12.6. The zero-order chi connectivity index (χ0) is 18.6. The first-order valence-corrected chi connectivity index (χ1v) is 10.0. The average molecular weight is 387 g/mol. The molecule has 0 spiro atoms. The SMILES string of the molecule is Cc1cc(NC(=O)CSc2nnc(-c3ccco3)n2C2CCCCC2)no1. The molecule has 1 aliphatic rings. The Bertz CT molecular complexity index is 896. The van der Waals surface area contributed by atoms with E-state index < -0.39 is 0 Å². The Labute approximate surface area is 160 Å². The van der Waals surface area contributed by atoms with Crippen LogP contribution in [-0.4, -0.2) is 31.6 Å². The Morgan fingerprint density at radius 1 is 1.33 bits per heavy atom. The number of carbonyl (C=O) groups is 1. The lowest BCUT2D eigenvalue weighted by molar-refractivity contribution is -0.113. The standard InChI is InChI=1S/C18H21N5O3S/c1-12-10-15(22-26-12)19-16(24)11-27-18-21-20-17(14-8-5-9-25-14)23(18)13-6-3-2-4-7-13/h5,8-10,13H,2-4,6-7,11H2,1H3,(H,19,22,24). The Morgan fingerprint density at radius 2 is 2.19 bits per heavy atom. The molecule has 9 heteroatoms. The van der Waals surface area contributed by atoms with Gasteiger partial charge in [-0.15, -0.1) is 10.2 Å². The smallest absolute Gasteiger partial charge is 0.236 e. The second-order valence-corrected chi connectivity index (χ2v) is 7.55. The maximum atomic E-state index is 12.2. The molecule has 0 saturated heterocycles. The predicted molar refractivity (Wildman–Crippen MR) is 100 cm³/mol. The highest BCUT2D eigenvalue weighted by molar-refractivity contribution is 7.99. The summed E-state index contributed by atoms with van der Waals surface area (Å²) >= 11 is 1.37. The van der Waals surface area contributed by atoms with Gasteiger partial charge in [0, 0.05) is 12.1 Å². The lowest BCUT2D eigenvalue weighted by Gasteiger charge is -2.25. The van der Waals surface area contributed by atoms with E-state index in [9.17, 15) is 4.79 Å². The van der Waals surface area contributed by atoms with Crippen LogP contribution in [0, 0.1) is 6.92 Å². The minimum atomic E-state index is -0.161. The molecule has 0 unspecified atom stereocenters. The van der Waals surface area contributed by atoms with Gasteiger partial charge in [0.15, 0.2) is 16.7 Å². The maximum Gasteiger partial charge on any atom is 0.236 e. The summed E-state index contributed by atoms with van der Waals surface area (Å²) in [6.07, 6.45) is 7.45. The quantitative estimate of drug-likeness (QED) is 0.636. The highest BCUT2D eigenvalue weighted by Crippen LogP contribution is 2.35. The topological polar surface area (TPSA) is 99.0 Å². The van der Waals surface area contributed by atoms with Crippen molar-refractivity contribution in [3.05, 3.63) is 30.2 Å². The van der Waals surface area contributed by atoms with E-state index in [1.807, 2.05) is 12.1 Å². The van der Waals surface area contributed by atoms with Gasteiger partial charge in [-0.2, -0.15) is 0 Å². The lowest BCUT2D eigenvalue weighted by Crippen LogP contribution is -2.17. The van der Waals surface area contributed by atoms with Crippen LogP contribution in [0.15, 0.2) is 38.6 Å². The molecule has 0 radical (unpaired) electrons. The number of aryl methyl sites for hydroxylation is 1. The van der Waals surface area contributed by atoms with Gasteiger partial charge in [-0.25, -0.2) is 0 Å². The van der Waals surface area contributed by atoms with Crippen molar-refractivity contribution in [2.75, 3.05) is 11.1 Å². The van der Waals surface area contributed by atoms with E-state index in [1.165, 1.54) is 31.0 Å². The van der Waals surface area contributed by atoms with Crippen molar-refractivity contribution in [1.82, 2.24) is 19.9 Å². The van der Waals surface area contributed by atoms with Crippen LogP contribution in [-0.2, 0) is 4.79 Å². The summed E-state index contributed by atoms with van der Waals surface area (Å²) in [6.45, 7) is 1.78. The molecule has 1 amide bonds. The largest absolute Gasteiger partial charge is 0.461 e. The van der Waals surface area contributed by atoms with Gasteiger partial charge in [0.25, 0.3) is 0 Å². The van der Waals surface area contributed by atoms with Crippen molar-refractivity contribution < 1.29 is 13.7 Å². The average Bonchev–Trinajstić information content (AvgIpc) is 3.41. The summed E-state index contributed by atoms with van der Waals surface area (Å²) in [7, 11) is 0. The van der Waals surface area contributed by atoms with Crippen molar-refractivity contribution in [3.63, 3.8) is 0 Å². The molecular formula is C18H21N5O3S. The Kier molecular flexibility index (Phi) is 5.28. The predicted octanol–water partition coefficient (Wildman–Crippen LogP) is 4.07. The molecule has 1 saturated carbocycles. The molecule has 3 aromatic rings. The summed E-state index contributed by atoms with van der Waals surface area (Å²) in [5.41, 5.74) is 0. The number of hydrogen-bond acceptors (Lipinski definition) is 7. The van der Waals surface area contributed by atoms with Crippen LogP contribution >= 0.6 is 11.8 Å². The van der Waals surface area contributed by atoms with Crippen LogP contribution in [0.5, 0.6) is 0 Å². The second-order valence-electron chi connectivity index (χ2n) is 6.60. The van der Waals surface area contributed by atoms with Crippen molar-refractivity contribution in [2.24, 2.45) is 0 Å². The number of aromatic nitrogens is 4. The molecule has 1 N–H and O–H groups in total. The number of anilines is 1. The van der Waals surface area contributed by atoms with Gasteiger partial charge in [-0.3, -0.25) is 9.36 Å². The first-order valence-electron chi connectivity index (χ1n) is 9.05. The minimum absolute atomic E-state index is 0.161. The van der Waals surface area contributed by atoms with Gasteiger partial charge in [0.05, 0.1) is 12.0 Å². The Hall–Kier alpha value is -2.55. The van der Waals surface area contributed by atoms with Crippen molar-refractivity contribution in [3.8, 4) is 11.6 Å². The summed E-state index contributed by atoms with van der Waals surface area (Å²) in [6, 6.07) is 5.74. The normalized spacial score (nSPS) is 15.1. The van der Waals surface area contributed by atoms with E-state index >= 15 is 0 Å². The zero-order valence-corrected chi connectivity index (χ0v) is 15.9. The van der Waals surface area contributed by atoms with Gasteiger partial charge in [-0.1, -0.05) is 36.2 Å². The van der Waals surface area contributed by atoms with E-state index in [1.54, 1.807) is 19.3 Å². The van der Waals surface area contributed by atoms with Crippen LogP contribution < -0.4 is 5.32 Å². The summed E-state index contributed by atoms with van der Waals surface area (Å²) in [4.78, 5) is 12.2. The van der Waals surface area contributed by atoms with Gasteiger partial charge < -0.3 is 14.3 Å². The molecule has 3 aromatic heterocycles. The fourth-order valence-corrected chi connectivity index (χ4v) is 4.16. The molecule has 8 nitrogen and oxygen atoms in total. The lowest BCUT2D eigenvalue weighted by atomic mass is 9.95. The molecule has 27 heavy (non-hydrogen) atoms.